The van der Waals surface area contributed by atoms with Gasteiger partial charge < -0.3 is 4.90 Å². The van der Waals surface area contributed by atoms with Gasteiger partial charge in [0.2, 0.25) is 0 Å². The van der Waals surface area contributed by atoms with Crippen molar-refractivity contribution in [2.45, 2.75) is 45.7 Å². The molecule has 5 aromatic rings. The van der Waals surface area contributed by atoms with E-state index in [1.54, 1.807) is 10.9 Å². The van der Waals surface area contributed by atoms with Crippen LogP contribution in [0.15, 0.2) is 90.0 Å². The van der Waals surface area contributed by atoms with E-state index in [2.05, 4.69) is 62.2 Å². The zero-order chi connectivity index (χ0) is 27.1. The van der Waals surface area contributed by atoms with Crippen molar-refractivity contribution in [2.24, 2.45) is 0 Å². The Morgan fingerprint density at radius 1 is 0.923 bits per heavy atom. The number of fused-ring (bicyclic) bond motifs is 3. The fourth-order valence-corrected chi connectivity index (χ4v) is 6.42. The average Bonchev–Trinajstić information content (AvgIpc) is 3.33. The van der Waals surface area contributed by atoms with Gasteiger partial charge in [0.25, 0.3) is 11.5 Å². The molecule has 6 heteroatoms. The van der Waals surface area contributed by atoms with Crippen LogP contribution in [0, 0.1) is 0 Å². The Balaban J connectivity index is 1.22. The summed E-state index contributed by atoms with van der Waals surface area (Å²) in [5.74, 6) is 0.0304. The molecule has 0 radical (unpaired) electrons. The Morgan fingerprint density at radius 2 is 1.62 bits per heavy atom. The molecule has 0 unspecified atom stereocenters. The van der Waals surface area contributed by atoms with Crippen LogP contribution in [0.4, 0.5) is 0 Å². The second kappa shape index (κ2) is 9.93. The lowest BCUT2D eigenvalue weighted by atomic mass is 9.86. The molecule has 0 saturated heterocycles. The Kier molecular flexibility index (Phi) is 6.43. The van der Waals surface area contributed by atoms with Crippen LogP contribution in [0.1, 0.15) is 52.7 Å². The van der Waals surface area contributed by atoms with Gasteiger partial charge in [-0.2, -0.15) is 0 Å². The van der Waals surface area contributed by atoms with E-state index in [-0.39, 0.29) is 16.9 Å². The predicted octanol–water partition coefficient (Wildman–Crippen LogP) is 6.67. The summed E-state index contributed by atoms with van der Waals surface area (Å²) in [6.07, 6.45) is 2.31. The first-order valence-electron chi connectivity index (χ1n) is 13.3. The normalized spacial score (nSPS) is 13.5. The Bertz CT molecular complexity index is 1710. The van der Waals surface area contributed by atoms with Gasteiger partial charge in [-0.05, 0) is 51.8 Å². The van der Waals surface area contributed by atoms with Crippen molar-refractivity contribution in [1.82, 2.24) is 14.5 Å². The molecule has 39 heavy (non-hydrogen) atoms. The van der Waals surface area contributed by atoms with Gasteiger partial charge in [0.05, 0.1) is 24.8 Å². The second-order valence-electron chi connectivity index (χ2n) is 11.2. The fraction of sp³-hybridized carbons (Fsp3) is 0.242. The molecule has 0 N–H and O–H groups in total. The van der Waals surface area contributed by atoms with Gasteiger partial charge in [0.1, 0.15) is 4.83 Å². The average molecular weight is 534 g/mol. The standard InChI is InChI=1S/C33H31N3O2S/c1-33(2,3)26-15-13-25(14-16-26)31(37)35-18-17-27-28(20-35)39-30-29(27)32(38)36(21-34-30)19-22-9-11-24(12-10-22)23-7-5-4-6-8-23/h4-16,21H,17-20H2,1-3H3. The smallest absolute Gasteiger partial charge is 0.262 e. The van der Waals surface area contributed by atoms with Gasteiger partial charge in [0.15, 0.2) is 0 Å². The van der Waals surface area contributed by atoms with E-state index in [9.17, 15) is 9.59 Å². The quantitative estimate of drug-likeness (QED) is 0.259. The van der Waals surface area contributed by atoms with E-state index < -0.39 is 0 Å². The number of benzene rings is 3. The summed E-state index contributed by atoms with van der Waals surface area (Å²) in [6, 6.07) is 26.5. The highest BCUT2D eigenvalue weighted by molar-refractivity contribution is 7.18. The molecule has 0 atom stereocenters. The van der Waals surface area contributed by atoms with E-state index in [1.807, 2.05) is 47.4 Å². The molecule has 1 amide bonds. The number of nitrogens with zero attached hydrogens (tertiary/aromatic N) is 3. The van der Waals surface area contributed by atoms with Crippen molar-refractivity contribution < 1.29 is 4.79 Å². The molecule has 5 nitrogen and oxygen atoms in total. The minimum absolute atomic E-state index is 0.0119. The number of hydrogen-bond acceptors (Lipinski definition) is 4. The molecule has 196 valence electrons. The van der Waals surface area contributed by atoms with Gasteiger partial charge in [-0.15, -0.1) is 11.3 Å². The molecule has 0 spiro atoms. The van der Waals surface area contributed by atoms with E-state index >= 15 is 0 Å². The predicted molar refractivity (Wildman–Crippen MR) is 158 cm³/mol. The van der Waals surface area contributed by atoms with Crippen molar-refractivity contribution in [3.05, 3.63) is 123 Å². The summed E-state index contributed by atoms with van der Waals surface area (Å²) in [5, 5.41) is 0.708. The summed E-state index contributed by atoms with van der Waals surface area (Å²) in [6.45, 7) is 8.07. The number of thiophene rings is 1. The number of carbonyl (C=O) groups excluding carboxylic acids is 1. The van der Waals surface area contributed by atoms with E-state index in [1.165, 1.54) is 22.5 Å². The molecule has 2 aromatic heterocycles. The summed E-state index contributed by atoms with van der Waals surface area (Å²) in [4.78, 5) is 35.2. The molecule has 6 rings (SSSR count). The van der Waals surface area contributed by atoms with Gasteiger partial charge in [-0.3, -0.25) is 14.2 Å². The third kappa shape index (κ3) is 4.92. The lowest BCUT2D eigenvalue weighted by molar-refractivity contribution is 0.0737. The molecule has 0 saturated carbocycles. The highest BCUT2D eigenvalue weighted by Crippen LogP contribution is 2.33. The summed E-state index contributed by atoms with van der Waals surface area (Å²) in [5.41, 5.74) is 6.36. The Hall–Kier alpha value is -4.03. The summed E-state index contributed by atoms with van der Waals surface area (Å²) in [7, 11) is 0. The van der Waals surface area contributed by atoms with Gasteiger partial charge in [-0.1, -0.05) is 87.5 Å². The van der Waals surface area contributed by atoms with Crippen LogP contribution in [0.25, 0.3) is 21.3 Å². The maximum absolute atomic E-state index is 13.6. The Morgan fingerprint density at radius 3 is 2.31 bits per heavy atom. The number of aromatic nitrogens is 2. The van der Waals surface area contributed by atoms with Crippen LogP contribution < -0.4 is 5.56 Å². The van der Waals surface area contributed by atoms with Crippen molar-refractivity contribution in [3.8, 4) is 11.1 Å². The molecule has 3 aromatic carbocycles. The minimum Gasteiger partial charge on any atom is -0.333 e. The fourth-order valence-electron chi connectivity index (χ4n) is 5.23. The maximum atomic E-state index is 13.6. The van der Waals surface area contributed by atoms with Crippen molar-refractivity contribution >= 4 is 27.5 Å². The SMILES string of the molecule is CC(C)(C)c1ccc(C(=O)N2CCc3c(sc4ncn(Cc5ccc(-c6ccccc6)cc5)c(=O)c34)C2)cc1. The molecule has 0 fully saturated rings. The zero-order valence-corrected chi connectivity index (χ0v) is 23.3. The van der Waals surface area contributed by atoms with Gasteiger partial charge in [-0.25, -0.2) is 4.98 Å². The molecule has 0 bridgehead atoms. The third-order valence-corrected chi connectivity index (χ3v) is 8.65. The van der Waals surface area contributed by atoms with Crippen LogP contribution in [-0.4, -0.2) is 26.9 Å². The lowest BCUT2D eigenvalue weighted by Gasteiger charge is -2.27. The van der Waals surface area contributed by atoms with Gasteiger partial charge >= 0.3 is 0 Å². The second-order valence-corrected chi connectivity index (χ2v) is 12.3. The highest BCUT2D eigenvalue weighted by atomic mass is 32.1. The number of amides is 1. The van der Waals surface area contributed by atoms with Crippen LogP contribution >= 0.6 is 11.3 Å². The van der Waals surface area contributed by atoms with Crippen LogP contribution in [-0.2, 0) is 24.9 Å². The van der Waals surface area contributed by atoms with Crippen LogP contribution in [0.3, 0.4) is 0 Å². The largest absolute Gasteiger partial charge is 0.333 e. The molecule has 0 aliphatic carbocycles. The minimum atomic E-state index is -0.0119. The number of hydrogen-bond donors (Lipinski definition) is 0. The van der Waals surface area contributed by atoms with Crippen molar-refractivity contribution in [1.29, 1.82) is 0 Å². The van der Waals surface area contributed by atoms with Crippen molar-refractivity contribution in [3.63, 3.8) is 0 Å². The lowest BCUT2D eigenvalue weighted by Crippen LogP contribution is -2.35. The topological polar surface area (TPSA) is 55.2 Å². The molecular weight excluding hydrogens is 502 g/mol. The monoisotopic (exact) mass is 533 g/mol. The molecule has 1 aliphatic heterocycles. The third-order valence-electron chi connectivity index (χ3n) is 7.53. The Labute approximate surface area is 232 Å². The molecule has 3 heterocycles. The highest BCUT2D eigenvalue weighted by Gasteiger charge is 2.27. The van der Waals surface area contributed by atoms with E-state index in [0.29, 0.717) is 37.0 Å². The van der Waals surface area contributed by atoms with E-state index in [0.717, 1.165) is 26.4 Å². The zero-order valence-electron chi connectivity index (χ0n) is 22.5. The molecule has 1 aliphatic rings. The number of rotatable bonds is 4. The maximum Gasteiger partial charge on any atom is 0.262 e. The summed E-state index contributed by atoms with van der Waals surface area (Å²) >= 11 is 1.53. The van der Waals surface area contributed by atoms with Crippen molar-refractivity contribution in [2.75, 3.05) is 6.54 Å². The van der Waals surface area contributed by atoms with E-state index in [4.69, 9.17) is 0 Å². The number of carbonyl (C=O) groups is 1. The summed E-state index contributed by atoms with van der Waals surface area (Å²) < 4.78 is 1.70. The first kappa shape index (κ1) is 25.3. The van der Waals surface area contributed by atoms with Gasteiger partial charge in [0, 0.05) is 17.0 Å². The molecular formula is C33H31N3O2S. The first-order valence-corrected chi connectivity index (χ1v) is 14.1. The van der Waals surface area contributed by atoms with Crippen LogP contribution in [0.5, 0.6) is 0 Å². The van der Waals surface area contributed by atoms with Crippen LogP contribution in [0.2, 0.25) is 0 Å². The first-order chi connectivity index (χ1) is 18.8.